The molecule has 2 aliphatic carbocycles. The van der Waals surface area contributed by atoms with Gasteiger partial charge in [-0.15, -0.1) is 0 Å². The lowest BCUT2D eigenvalue weighted by Gasteiger charge is -2.24. The van der Waals surface area contributed by atoms with Crippen molar-refractivity contribution in [3.8, 4) is 0 Å². The lowest BCUT2D eigenvalue weighted by Crippen LogP contribution is -2.25. The molecule has 2 atom stereocenters. The van der Waals surface area contributed by atoms with Crippen LogP contribution in [-0.4, -0.2) is 10.7 Å². The Morgan fingerprint density at radius 2 is 2.09 bits per heavy atom. The largest absolute Gasteiger partial charge is 0.386 e. The van der Waals surface area contributed by atoms with Crippen LogP contribution in [0.15, 0.2) is 11.6 Å². The number of allylic oxidation sites excluding steroid dienone is 1. The summed E-state index contributed by atoms with van der Waals surface area (Å²) in [6.07, 6.45) is 4.37. The van der Waals surface area contributed by atoms with E-state index in [0.29, 0.717) is 5.92 Å². The van der Waals surface area contributed by atoms with Crippen molar-refractivity contribution in [3.63, 3.8) is 0 Å². The number of aliphatic hydroxyl groups is 1. The summed E-state index contributed by atoms with van der Waals surface area (Å²) in [7, 11) is 0. The Balaban J connectivity index is 2.45. The first-order valence-electron chi connectivity index (χ1n) is 4.38. The van der Waals surface area contributed by atoms with Gasteiger partial charge in [-0.1, -0.05) is 19.9 Å². The maximum Gasteiger partial charge on any atom is 0.0837 e. The van der Waals surface area contributed by atoms with E-state index in [9.17, 15) is 5.11 Å². The topological polar surface area (TPSA) is 20.2 Å². The third-order valence-electron chi connectivity index (χ3n) is 3.55. The van der Waals surface area contributed by atoms with Crippen LogP contribution < -0.4 is 0 Å². The van der Waals surface area contributed by atoms with Crippen molar-refractivity contribution < 1.29 is 5.11 Å². The van der Waals surface area contributed by atoms with Crippen molar-refractivity contribution in [2.45, 2.75) is 39.2 Å². The highest BCUT2D eigenvalue weighted by atomic mass is 16.3. The third-order valence-corrected chi connectivity index (χ3v) is 3.55. The van der Waals surface area contributed by atoms with Gasteiger partial charge in [0.05, 0.1) is 5.60 Å². The van der Waals surface area contributed by atoms with Crippen LogP contribution in [0.5, 0.6) is 0 Å². The monoisotopic (exact) mass is 152 g/mol. The first kappa shape index (κ1) is 7.35. The van der Waals surface area contributed by atoms with Gasteiger partial charge in [0, 0.05) is 0 Å². The minimum atomic E-state index is -0.494. The number of rotatable bonds is 0. The molecule has 0 aromatic rings. The molecule has 0 aliphatic heterocycles. The molecule has 62 valence electrons. The summed E-state index contributed by atoms with van der Waals surface area (Å²) in [6, 6.07) is 0. The Kier molecular flexibility index (Phi) is 1.15. The van der Waals surface area contributed by atoms with E-state index in [1.54, 1.807) is 0 Å². The molecule has 1 fully saturated rings. The van der Waals surface area contributed by atoms with Gasteiger partial charge < -0.3 is 5.11 Å². The fourth-order valence-electron chi connectivity index (χ4n) is 2.88. The smallest absolute Gasteiger partial charge is 0.0837 e. The van der Waals surface area contributed by atoms with Gasteiger partial charge in [0.25, 0.3) is 0 Å². The lowest BCUT2D eigenvalue weighted by atomic mass is 9.83. The van der Waals surface area contributed by atoms with E-state index in [1.807, 2.05) is 6.92 Å². The van der Waals surface area contributed by atoms with Gasteiger partial charge >= 0.3 is 0 Å². The Morgan fingerprint density at radius 3 is 2.27 bits per heavy atom. The first-order valence-corrected chi connectivity index (χ1v) is 4.38. The Hall–Kier alpha value is -0.300. The Morgan fingerprint density at radius 1 is 1.45 bits per heavy atom. The lowest BCUT2D eigenvalue weighted by molar-refractivity contribution is 0.0930. The fourth-order valence-corrected chi connectivity index (χ4v) is 2.88. The molecule has 0 radical (unpaired) electrons. The van der Waals surface area contributed by atoms with E-state index in [1.165, 1.54) is 12.0 Å². The van der Waals surface area contributed by atoms with Crippen molar-refractivity contribution in [1.82, 2.24) is 0 Å². The highest BCUT2D eigenvalue weighted by molar-refractivity contribution is 5.34. The summed E-state index contributed by atoms with van der Waals surface area (Å²) < 4.78 is 0. The molecule has 11 heavy (non-hydrogen) atoms. The molecule has 2 bridgehead atoms. The van der Waals surface area contributed by atoms with Crippen molar-refractivity contribution in [2.24, 2.45) is 11.3 Å². The van der Waals surface area contributed by atoms with Gasteiger partial charge in [0.1, 0.15) is 0 Å². The van der Waals surface area contributed by atoms with Gasteiger partial charge in [0.15, 0.2) is 0 Å². The van der Waals surface area contributed by atoms with Crippen molar-refractivity contribution in [1.29, 1.82) is 0 Å². The number of hydrogen-bond donors (Lipinski definition) is 1. The van der Waals surface area contributed by atoms with Crippen molar-refractivity contribution in [3.05, 3.63) is 11.6 Å². The van der Waals surface area contributed by atoms with Crippen LogP contribution >= 0.6 is 0 Å². The second-order valence-corrected chi connectivity index (χ2v) is 4.75. The molecule has 0 spiro atoms. The molecule has 1 heteroatoms. The second kappa shape index (κ2) is 1.71. The molecule has 0 heterocycles. The summed E-state index contributed by atoms with van der Waals surface area (Å²) in [5, 5.41) is 9.95. The summed E-state index contributed by atoms with van der Waals surface area (Å²) >= 11 is 0. The molecule has 0 aromatic heterocycles. The van der Waals surface area contributed by atoms with E-state index >= 15 is 0 Å². The normalized spacial score (nSPS) is 46.2. The fraction of sp³-hybridized carbons (Fsp3) is 0.800. The molecule has 2 rings (SSSR count). The summed E-state index contributed by atoms with van der Waals surface area (Å²) in [6.45, 7) is 6.44. The zero-order valence-corrected chi connectivity index (χ0v) is 7.52. The predicted octanol–water partition coefficient (Wildman–Crippen LogP) is 2.11. The maximum absolute atomic E-state index is 9.95. The van der Waals surface area contributed by atoms with Crippen LogP contribution in [0.3, 0.4) is 0 Å². The first-order chi connectivity index (χ1) is 4.94. The molecule has 0 saturated heterocycles. The molecule has 1 N–H and O–H groups in total. The highest BCUT2D eigenvalue weighted by Gasteiger charge is 2.53. The average Bonchev–Trinajstić information content (AvgIpc) is 2.15. The molecule has 2 unspecified atom stereocenters. The van der Waals surface area contributed by atoms with Gasteiger partial charge in [-0.25, -0.2) is 0 Å². The zero-order chi connectivity index (χ0) is 8.28. The van der Waals surface area contributed by atoms with Crippen molar-refractivity contribution >= 4 is 0 Å². The summed E-state index contributed by atoms with van der Waals surface area (Å²) in [5.74, 6) is 0.687. The Labute approximate surface area is 68.1 Å². The molecule has 0 aromatic carbocycles. The van der Waals surface area contributed by atoms with Crippen LogP contribution in [0.4, 0.5) is 0 Å². The van der Waals surface area contributed by atoms with Crippen LogP contribution in [0.1, 0.15) is 33.6 Å². The molecule has 1 saturated carbocycles. The molecular formula is C10H16O. The summed E-state index contributed by atoms with van der Waals surface area (Å²) in [5.41, 5.74) is 1.05. The van der Waals surface area contributed by atoms with E-state index in [-0.39, 0.29) is 5.41 Å². The van der Waals surface area contributed by atoms with E-state index in [0.717, 1.165) is 6.42 Å². The van der Waals surface area contributed by atoms with Crippen LogP contribution in [0.25, 0.3) is 0 Å². The van der Waals surface area contributed by atoms with Crippen LogP contribution in [0, 0.1) is 11.3 Å². The second-order valence-electron chi connectivity index (χ2n) is 4.75. The van der Waals surface area contributed by atoms with Gasteiger partial charge in [0.2, 0.25) is 0 Å². The van der Waals surface area contributed by atoms with E-state index in [2.05, 4.69) is 19.9 Å². The van der Waals surface area contributed by atoms with Crippen molar-refractivity contribution in [2.75, 3.05) is 0 Å². The average molecular weight is 152 g/mol. The number of fused-ring (bicyclic) bond motifs is 2. The zero-order valence-electron chi connectivity index (χ0n) is 7.52. The molecule has 1 nitrogen and oxygen atoms in total. The Bertz CT molecular complexity index is 223. The quantitative estimate of drug-likeness (QED) is 0.527. The SMILES string of the molecule is CC1(O)CC2CC=C1C2(C)C. The number of hydrogen-bond acceptors (Lipinski definition) is 1. The van der Waals surface area contributed by atoms with Crippen LogP contribution in [0.2, 0.25) is 0 Å². The van der Waals surface area contributed by atoms with Gasteiger partial charge in [-0.05, 0) is 36.7 Å². The highest BCUT2D eigenvalue weighted by Crippen LogP contribution is 2.58. The predicted molar refractivity (Wildman–Crippen MR) is 45.2 cm³/mol. The third kappa shape index (κ3) is 0.750. The van der Waals surface area contributed by atoms with E-state index in [4.69, 9.17) is 0 Å². The van der Waals surface area contributed by atoms with Gasteiger partial charge in [-0.2, -0.15) is 0 Å². The molecule has 0 amide bonds. The minimum absolute atomic E-state index is 0.267. The summed E-state index contributed by atoms with van der Waals surface area (Å²) in [4.78, 5) is 0. The van der Waals surface area contributed by atoms with Gasteiger partial charge in [-0.3, -0.25) is 0 Å². The minimum Gasteiger partial charge on any atom is -0.386 e. The van der Waals surface area contributed by atoms with E-state index < -0.39 is 5.60 Å². The molecule has 2 aliphatic rings. The maximum atomic E-state index is 9.95. The molecular weight excluding hydrogens is 136 g/mol. The standard InChI is InChI=1S/C10H16O/c1-9(2)7-4-5-8(9)10(3,11)6-7/h5,7,11H,4,6H2,1-3H3. The van der Waals surface area contributed by atoms with Crippen LogP contribution in [-0.2, 0) is 0 Å².